The van der Waals surface area contributed by atoms with E-state index in [4.69, 9.17) is 10.2 Å². The first-order valence-corrected chi connectivity index (χ1v) is 2.65. The van der Waals surface area contributed by atoms with Crippen LogP contribution in [-0.2, 0) is 0 Å². The van der Waals surface area contributed by atoms with Crippen molar-refractivity contribution in [2.24, 2.45) is 0 Å². The molecule has 0 saturated heterocycles. The molecule has 0 unspecified atom stereocenters. The van der Waals surface area contributed by atoms with Crippen LogP contribution in [0.25, 0.3) is 0 Å². The summed E-state index contributed by atoms with van der Waals surface area (Å²) in [6.45, 7) is 0. The van der Waals surface area contributed by atoms with Crippen LogP contribution in [0.15, 0.2) is 0 Å². The van der Waals surface area contributed by atoms with E-state index in [0.29, 0.717) is 0 Å². The molecule has 8 nitrogen and oxygen atoms in total. The Hall–Kier alpha value is -2.12. The van der Waals surface area contributed by atoms with Crippen molar-refractivity contribution in [2.75, 3.05) is 0 Å². The van der Waals surface area contributed by atoms with Crippen molar-refractivity contribution in [3.63, 3.8) is 0 Å². The molecule has 0 amide bonds. The molecule has 1 aromatic rings. The number of nitrogens with zero attached hydrogens (tertiary/aromatic N) is 4. The number of carboxylic acids is 2. The van der Waals surface area contributed by atoms with Gasteiger partial charge in [0.2, 0.25) is 0 Å². The van der Waals surface area contributed by atoms with Gasteiger partial charge in [0.15, 0.2) is 0 Å². The molecule has 0 aliphatic heterocycles. The fraction of sp³-hybridized carbons (Fsp3) is 0. The summed E-state index contributed by atoms with van der Waals surface area (Å²) in [5.41, 5.74) is 0. The number of aromatic nitrogens is 4. The molecule has 8 heteroatoms. The summed E-state index contributed by atoms with van der Waals surface area (Å²) in [5.74, 6) is -4.29. The summed E-state index contributed by atoms with van der Waals surface area (Å²) in [7, 11) is 0. The topological polar surface area (TPSA) is 126 Å². The zero-order chi connectivity index (χ0) is 9.14. The number of carbonyl (C=O) groups is 2. The molecule has 0 aromatic carbocycles. The number of hydrogen-bond acceptors (Lipinski definition) is 6. The van der Waals surface area contributed by atoms with E-state index in [1.165, 1.54) is 0 Å². The molecular weight excluding hydrogens is 168 g/mol. The lowest BCUT2D eigenvalue weighted by atomic mass is 10.6. The molecular formula is C4H2N4O4. The first kappa shape index (κ1) is 7.98. The third kappa shape index (κ3) is 1.48. The van der Waals surface area contributed by atoms with E-state index in [0.717, 1.165) is 0 Å². The summed E-state index contributed by atoms with van der Waals surface area (Å²) in [4.78, 5) is 23.5. The molecule has 0 spiro atoms. The Balaban J connectivity index is 3.12. The number of carboxylic acid groups (broad SMARTS) is 2. The normalized spacial score (nSPS) is 9.33. The average molecular weight is 170 g/mol. The van der Waals surface area contributed by atoms with Gasteiger partial charge in [0, 0.05) is 0 Å². The highest BCUT2D eigenvalue weighted by atomic mass is 16.4. The van der Waals surface area contributed by atoms with Crippen LogP contribution in [0.3, 0.4) is 0 Å². The molecule has 0 fully saturated rings. The minimum atomic E-state index is -1.45. The van der Waals surface area contributed by atoms with Gasteiger partial charge >= 0.3 is 11.9 Å². The van der Waals surface area contributed by atoms with E-state index < -0.39 is 23.6 Å². The van der Waals surface area contributed by atoms with Gasteiger partial charge in [-0.25, -0.2) is 9.59 Å². The molecule has 0 aliphatic rings. The summed E-state index contributed by atoms with van der Waals surface area (Å²) in [6, 6.07) is 0. The van der Waals surface area contributed by atoms with Crippen molar-refractivity contribution in [3.05, 3.63) is 11.6 Å². The van der Waals surface area contributed by atoms with E-state index >= 15 is 0 Å². The fourth-order valence-corrected chi connectivity index (χ4v) is 0.433. The Bertz CT molecular complexity index is 308. The predicted octanol–water partition coefficient (Wildman–Crippen LogP) is -1.34. The minimum Gasteiger partial charge on any atom is -0.475 e. The summed E-state index contributed by atoms with van der Waals surface area (Å²) >= 11 is 0. The molecule has 1 heterocycles. The van der Waals surface area contributed by atoms with E-state index in [1.807, 2.05) is 0 Å². The Morgan fingerprint density at radius 2 is 1.42 bits per heavy atom. The van der Waals surface area contributed by atoms with Gasteiger partial charge in [-0.3, -0.25) is 0 Å². The predicted molar refractivity (Wildman–Crippen MR) is 31.5 cm³/mol. The van der Waals surface area contributed by atoms with Crippen LogP contribution in [0.4, 0.5) is 0 Å². The van der Waals surface area contributed by atoms with Crippen LogP contribution < -0.4 is 0 Å². The Morgan fingerprint density at radius 1 is 1.00 bits per heavy atom. The van der Waals surface area contributed by atoms with E-state index in [1.54, 1.807) is 0 Å². The third-order valence-electron chi connectivity index (χ3n) is 0.873. The highest BCUT2D eigenvalue weighted by Crippen LogP contribution is 1.88. The number of aromatic carboxylic acids is 2. The second-order valence-corrected chi connectivity index (χ2v) is 1.66. The Morgan fingerprint density at radius 3 is 1.75 bits per heavy atom. The summed E-state index contributed by atoms with van der Waals surface area (Å²) < 4.78 is 0. The van der Waals surface area contributed by atoms with Gasteiger partial charge in [-0.2, -0.15) is 4.98 Å². The smallest absolute Gasteiger partial charge is 0.375 e. The second-order valence-electron chi connectivity index (χ2n) is 1.66. The molecule has 1 aromatic heterocycles. The van der Waals surface area contributed by atoms with Crippen LogP contribution in [0.2, 0.25) is 0 Å². The molecule has 0 atom stereocenters. The number of rotatable bonds is 2. The summed E-state index contributed by atoms with van der Waals surface area (Å²) in [5, 5.41) is 25.5. The highest BCUT2D eigenvalue weighted by Gasteiger charge is 2.13. The monoisotopic (exact) mass is 170 g/mol. The van der Waals surface area contributed by atoms with Crippen molar-refractivity contribution in [3.8, 4) is 0 Å². The lowest BCUT2D eigenvalue weighted by molar-refractivity contribution is 0.0670. The van der Waals surface area contributed by atoms with Gasteiger partial charge in [0.25, 0.3) is 11.6 Å². The van der Waals surface area contributed by atoms with Crippen LogP contribution in [0.5, 0.6) is 0 Å². The molecule has 0 bridgehead atoms. The zero-order valence-corrected chi connectivity index (χ0v) is 5.50. The first-order valence-electron chi connectivity index (χ1n) is 2.65. The van der Waals surface area contributed by atoms with Crippen molar-refractivity contribution in [1.29, 1.82) is 0 Å². The van der Waals surface area contributed by atoms with Crippen LogP contribution in [0, 0.1) is 0 Å². The third-order valence-corrected chi connectivity index (χ3v) is 0.873. The average Bonchev–Trinajstić information content (AvgIpc) is 2.04. The standard InChI is InChI=1S/C4H2N4O4/c9-3(10)1-5-2(4(11)12)7-8-6-1/h(H,9,10)(H,11,12). The Labute approximate surface area is 64.9 Å². The maximum atomic E-state index is 10.2. The van der Waals surface area contributed by atoms with Gasteiger partial charge < -0.3 is 10.2 Å². The molecule has 0 radical (unpaired) electrons. The van der Waals surface area contributed by atoms with Crippen LogP contribution in [0.1, 0.15) is 21.2 Å². The molecule has 0 aliphatic carbocycles. The molecule has 62 valence electrons. The van der Waals surface area contributed by atoms with Gasteiger partial charge in [-0.15, -0.1) is 10.2 Å². The van der Waals surface area contributed by atoms with Gasteiger partial charge in [-0.1, -0.05) is 0 Å². The van der Waals surface area contributed by atoms with Gasteiger partial charge in [-0.05, 0) is 5.21 Å². The SMILES string of the molecule is O=C(O)c1nnnc(C(=O)O)n1. The largest absolute Gasteiger partial charge is 0.475 e. The van der Waals surface area contributed by atoms with E-state index in [-0.39, 0.29) is 0 Å². The van der Waals surface area contributed by atoms with E-state index in [2.05, 4.69) is 20.4 Å². The number of hydrogen-bond donors (Lipinski definition) is 2. The maximum absolute atomic E-state index is 10.2. The van der Waals surface area contributed by atoms with Gasteiger partial charge in [0.05, 0.1) is 0 Å². The molecule has 1 rings (SSSR count). The molecule has 12 heavy (non-hydrogen) atoms. The van der Waals surface area contributed by atoms with Crippen molar-refractivity contribution in [1.82, 2.24) is 20.4 Å². The van der Waals surface area contributed by atoms with E-state index in [9.17, 15) is 9.59 Å². The Kier molecular flexibility index (Phi) is 1.90. The molecule has 0 saturated carbocycles. The summed E-state index contributed by atoms with van der Waals surface area (Å²) in [6.07, 6.45) is 0. The van der Waals surface area contributed by atoms with Crippen molar-refractivity contribution in [2.45, 2.75) is 0 Å². The fourth-order valence-electron chi connectivity index (χ4n) is 0.433. The second kappa shape index (κ2) is 2.86. The quantitative estimate of drug-likeness (QED) is 0.558. The molecule has 2 N–H and O–H groups in total. The van der Waals surface area contributed by atoms with Crippen molar-refractivity contribution >= 4 is 11.9 Å². The first-order chi connectivity index (χ1) is 5.61. The van der Waals surface area contributed by atoms with Crippen LogP contribution in [-0.4, -0.2) is 42.5 Å². The lowest BCUT2D eigenvalue weighted by Crippen LogP contribution is -2.13. The zero-order valence-electron chi connectivity index (χ0n) is 5.50. The minimum absolute atomic E-state index is 0.692. The van der Waals surface area contributed by atoms with Crippen LogP contribution >= 0.6 is 0 Å². The van der Waals surface area contributed by atoms with Gasteiger partial charge in [0.1, 0.15) is 0 Å². The maximum Gasteiger partial charge on any atom is 0.375 e. The lowest BCUT2D eigenvalue weighted by Gasteiger charge is -1.90. The van der Waals surface area contributed by atoms with Crippen molar-refractivity contribution < 1.29 is 19.8 Å². The highest BCUT2D eigenvalue weighted by molar-refractivity contribution is 5.86.